The smallest absolute Gasteiger partial charge is 0.387 e. The number of carbonyl (C=O) groups is 1. The van der Waals surface area contributed by atoms with E-state index >= 15 is 0 Å². The van der Waals surface area contributed by atoms with E-state index in [0.29, 0.717) is 36.9 Å². The Balaban J connectivity index is 1.73. The van der Waals surface area contributed by atoms with Gasteiger partial charge in [-0.25, -0.2) is 4.98 Å². The van der Waals surface area contributed by atoms with E-state index in [1.165, 1.54) is 23.5 Å². The lowest BCUT2D eigenvalue weighted by Crippen LogP contribution is -2.54. The standard InChI is InChI=1S/C17H19F2N3O3S/c1-10-13(11-2-4-12(5-3-11)25-15(18)19)21-16(26-10)22-14(23)17(20)6-8-24-9-7-17/h2-5,15H,6-9,20H2,1H3,(H,21,22,23). The topological polar surface area (TPSA) is 86.5 Å². The minimum absolute atomic E-state index is 0.0785. The monoisotopic (exact) mass is 383 g/mol. The minimum Gasteiger partial charge on any atom is -0.435 e. The molecule has 1 amide bonds. The summed E-state index contributed by atoms with van der Waals surface area (Å²) < 4.78 is 34.0. The molecule has 2 aromatic rings. The Labute approximate surface area is 153 Å². The van der Waals surface area contributed by atoms with Gasteiger partial charge in [0.05, 0.1) is 5.69 Å². The molecule has 1 aromatic carbocycles. The van der Waals surface area contributed by atoms with Crippen molar-refractivity contribution < 1.29 is 23.0 Å². The number of aryl methyl sites for hydroxylation is 1. The molecule has 0 radical (unpaired) electrons. The third kappa shape index (κ3) is 4.17. The summed E-state index contributed by atoms with van der Waals surface area (Å²) in [6.07, 6.45) is 0.920. The van der Waals surface area contributed by atoms with Gasteiger partial charge in [0.1, 0.15) is 11.3 Å². The highest BCUT2D eigenvalue weighted by molar-refractivity contribution is 7.16. The summed E-state index contributed by atoms with van der Waals surface area (Å²) in [6.45, 7) is -0.0747. The molecule has 0 atom stereocenters. The lowest BCUT2D eigenvalue weighted by Gasteiger charge is -2.31. The minimum atomic E-state index is -2.86. The normalized spacial score (nSPS) is 16.5. The number of nitrogens with two attached hydrogens (primary N) is 1. The molecular formula is C17H19F2N3O3S. The molecule has 3 N–H and O–H groups in total. The second kappa shape index (κ2) is 7.65. The van der Waals surface area contributed by atoms with Crippen LogP contribution in [0.2, 0.25) is 0 Å². The van der Waals surface area contributed by atoms with Gasteiger partial charge >= 0.3 is 6.61 Å². The fraction of sp³-hybridized carbons (Fsp3) is 0.412. The fourth-order valence-electron chi connectivity index (χ4n) is 2.70. The third-order valence-corrected chi connectivity index (χ3v) is 5.09. The highest BCUT2D eigenvalue weighted by atomic mass is 32.1. The van der Waals surface area contributed by atoms with Crippen LogP contribution >= 0.6 is 11.3 Å². The van der Waals surface area contributed by atoms with Crippen molar-refractivity contribution in [2.75, 3.05) is 18.5 Å². The predicted octanol–water partition coefficient (Wildman–Crippen LogP) is 3.17. The number of thiazole rings is 1. The Kier molecular flexibility index (Phi) is 5.49. The molecule has 140 valence electrons. The molecule has 1 aromatic heterocycles. The Hall–Kier alpha value is -2.10. The van der Waals surface area contributed by atoms with Crippen LogP contribution in [0, 0.1) is 6.92 Å². The number of nitrogens with zero attached hydrogens (tertiary/aromatic N) is 1. The molecule has 26 heavy (non-hydrogen) atoms. The molecule has 0 saturated carbocycles. The number of ether oxygens (including phenoxy) is 2. The van der Waals surface area contributed by atoms with Crippen molar-refractivity contribution in [1.82, 2.24) is 4.98 Å². The van der Waals surface area contributed by atoms with Crippen LogP contribution in [0.25, 0.3) is 11.3 Å². The maximum atomic E-state index is 12.5. The van der Waals surface area contributed by atoms with E-state index in [1.54, 1.807) is 12.1 Å². The number of benzene rings is 1. The Bertz CT molecular complexity index is 774. The molecule has 0 bridgehead atoms. The van der Waals surface area contributed by atoms with E-state index in [0.717, 1.165) is 10.4 Å². The summed E-state index contributed by atoms with van der Waals surface area (Å²) in [4.78, 5) is 17.8. The summed E-state index contributed by atoms with van der Waals surface area (Å²) in [6, 6.07) is 6.20. The SMILES string of the molecule is Cc1sc(NC(=O)C2(N)CCOCC2)nc1-c1ccc(OC(F)F)cc1. The first-order valence-corrected chi connectivity index (χ1v) is 8.90. The number of halogens is 2. The number of hydrogen-bond donors (Lipinski definition) is 2. The zero-order valence-corrected chi connectivity index (χ0v) is 14.9. The van der Waals surface area contributed by atoms with Crippen LogP contribution in [-0.4, -0.2) is 36.3 Å². The summed E-state index contributed by atoms with van der Waals surface area (Å²) in [5.41, 5.74) is 6.64. The molecule has 0 unspecified atom stereocenters. The summed E-state index contributed by atoms with van der Waals surface area (Å²) in [5, 5.41) is 3.24. The predicted molar refractivity (Wildman–Crippen MR) is 94.5 cm³/mol. The van der Waals surface area contributed by atoms with Gasteiger partial charge in [0.25, 0.3) is 0 Å². The van der Waals surface area contributed by atoms with Crippen LogP contribution in [0.4, 0.5) is 13.9 Å². The molecule has 1 saturated heterocycles. The number of nitrogens with one attached hydrogen (secondary N) is 1. The van der Waals surface area contributed by atoms with E-state index < -0.39 is 12.2 Å². The number of aromatic nitrogens is 1. The van der Waals surface area contributed by atoms with Crippen LogP contribution < -0.4 is 15.8 Å². The zero-order chi connectivity index (χ0) is 18.7. The quantitative estimate of drug-likeness (QED) is 0.828. The second-order valence-electron chi connectivity index (χ2n) is 6.05. The van der Waals surface area contributed by atoms with Crippen molar-refractivity contribution in [2.45, 2.75) is 31.9 Å². The average molecular weight is 383 g/mol. The molecular weight excluding hydrogens is 364 g/mol. The second-order valence-corrected chi connectivity index (χ2v) is 7.25. The largest absolute Gasteiger partial charge is 0.435 e. The molecule has 1 aliphatic rings. The van der Waals surface area contributed by atoms with Crippen molar-refractivity contribution in [2.24, 2.45) is 5.73 Å². The van der Waals surface area contributed by atoms with E-state index in [4.69, 9.17) is 10.5 Å². The molecule has 1 fully saturated rings. The maximum Gasteiger partial charge on any atom is 0.387 e. The number of anilines is 1. The van der Waals surface area contributed by atoms with Gasteiger partial charge in [-0.05, 0) is 44.0 Å². The molecule has 2 heterocycles. The number of amides is 1. The van der Waals surface area contributed by atoms with Gasteiger partial charge in [0, 0.05) is 23.7 Å². The van der Waals surface area contributed by atoms with Gasteiger partial charge in [-0.15, -0.1) is 11.3 Å². The average Bonchev–Trinajstić information content (AvgIpc) is 2.96. The summed E-state index contributed by atoms with van der Waals surface area (Å²) in [5.74, 6) is -0.198. The van der Waals surface area contributed by atoms with E-state index in [-0.39, 0.29) is 11.7 Å². The van der Waals surface area contributed by atoms with Gasteiger partial charge in [0.15, 0.2) is 5.13 Å². The first-order chi connectivity index (χ1) is 12.4. The van der Waals surface area contributed by atoms with E-state index in [9.17, 15) is 13.6 Å². The number of carbonyl (C=O) groups excluding carboxylic acids is 1. The highest BCUT2D eigenvalue weighted by Crippen LogP contribution is 2.32. The van der Waals surface area contributed by atoms with Crippen molar-refractivity contribution in [3.05, 3.63) is 29.1 Å². The number of alkyl halides is 2. The van der Waals surface area contributed by atoms with Crippen molar-refractivity contribution in [3.8, 4) is 17.0 Å². The number of hydrogen-bond acceptors (Lipinski definition) is 6. The Morgan fingerprint density at radius 2 is 2.00 bits per heavy atom. The molecule has 0 aliphatic carbocycles. The van der Waals surface area contributed by atoms with Crippen molar-refractivity contribution >= 4 is 22.4 Å². The molecule has 9 heteroatoms. The Morgan fingerprint density at radius 3 is 2.62 bits per heavy atom. The third-order valence-electron chi connectivity index (χ3n) is 4.21. The molecule has 6 nitrogen and oxygen atoms in total. The van der Waals surface area contributed by atoms with E-state index in [2.05, 4.69) is 15.0 Å². The maximum absolute atomic E-state index is 12.5. The lowest BCUT2D eigenvalue weighted by molar-refractivity contribution is -0.124. The van der Waals surface area contributed by atoms with Crippen molar-refractivity contribution in [1.29, 1.82) is 0 Å². The first-order valence-electron chi connectivity index (χ1n) is 8.08. The van der Waals surface area contributed by atoms with Crippen molar-refractivity contribution in [3.63, 3.8) is 0 Å². The molecule has 3 rings (SSSR count). The number of rotatable bonds is 5. The summed E-state index contributed by atoms with van der Waals surface area (Å²) in [7, 11) is 0. The first kappa shape index (κ1) is 18.7. The van der Waals surface area contributed by atoms with Crippen LogP contribution in [0.15, 0.2) is 24.3 Å². The van der Waals surface area contributed by atoms with Gasteiger partial charge < -0.3 is 20.5 Å². The molecule has 1 aliphatic heterocycles. The van der Waals surface area contributed by atoms with E-state index in [1.807, 2.05) is 6.92 Å². The van der Waals surface area contributed by atoms with Crippen LogP contribution in [0.3, 0.4) is 0 Å². The van der Waals surface area contributed by atoms with Gasteiger partial charge in [-0.1, -0.05) is 0 Å². The van der Waals surface area contributed by atoms with Gasteiger partial charge in [-0.3, -0.25) is 4.79 Å². The van der Waals surface area contributed by atoms with Gasteiger partial charge in [-0.2, -0.15) is 8.78 Å². The van der Waals surface area contributed by atoms with Crippen LogP contribution in [-0.2, 0) is 9.53 Å². The highest BCUT2D eigenvalue weighted by Gasteiger charge is 2.36. The zero-order valence-electron chi connectivity index (χ0n) is 14.1. The van der Waals surface area contributed by atoms with Crippen LogP contribution in [0.5, 0.6) is 5.75 Å². The lowest BCUT2D eigenvalue weighted by atomic mass is 9.90. The van der Waals surface area contributed by atoms with Gasteiger partial charge in [0.2, 0.25) is 5.91 Å². The molecule has 0 spiro atoms. The summed E-state index contributed by atoms with van der Waals surface area (Å²) >= 11 is 1.33. The van der Waals surface area contributed by atoms with Crippen LogP contribution in [0.1, 0.15) is 17.7 Å². The fourth-order valence-corrected chi connectivity index (χ4v) is 3.53. The Morgan fingerprint density at radius 1 is 1.35 bits per heavy atom.